The predicted molar refractivity (Wildman–Crippen MR) is 79.7 cm³/mol. The SMILES string of the molecule is CN1CCCCC1COc1cccc(Cl)c1C(N)=NO. The highest BCUT2D eigenvalue weighted by Crippen LogP contribution is 2.27. The molecule has 6 heteroatoms. The number of benzene rings is 1. The van der Waals surface area contributed by atoms with Crippen molar-refractivity contribution in [1.29, 1.82) is 0 Å². The molecule has 0 amide bonds. The average molecular weight is 298 g/mol. The zero-order valence-corrected chi connectivity index (χ0v) is 12.3. The molecule has 0 aromatic heterocycles. The number of nitrogens with zero attached hydrogens (tertiary/aromatic N) is 2. The minimum Gasteiger partial charge on any atom is -0.491 e. The Morgan fingerprint density at radius 1 is 1.55 bits per heavy atom. The van der Waals surface area contributed by atoms with Gasteiger partial charge in [-0.05, 0) is 38.6 Å². The summed E-state index contributed by atoms with van der Waals surface area (Å²) >= 11 is 6.09. The van der Waals surface area contributed by atoms with Gasteiger partial charge in [-0.15, -0.1) is 0 Å². The van der Waals surface area contributed by atoms with Crippen LogP contribution in [-0.2, 0) is 0 Å². The van der Waals surface area contributed by atoms with Gasteiger partial charge in [-0.1, -0.05) is 29.2 Å². The van der Waals surface area contributed by atoms with Gasteiger partial charge in [0.25, 0.3) is 0 Å². The number of ether oxygens (including phenoxy) is 1. The fourth-order valence-corrected chi connectivity index (χ4v) is 2.73. The summed E-state index contributed by atoms with van der Waals surface area (Å²) < 4.78 is 5.85. The van der Waals surface area contributed by atoms with Gasteiger partial charge in [0.2, 0.25) is 0 Å². The Morgan fingerprint density at radius 3 is 3.05 bits per heavy atom. The quantitative estimate of drug-likeness (QED) is 0.387. The molecule has 1 aliphatic heterocycles. The zero-order valence-electron chi connectivity index (χ0n) is 11.6. The normalized spacial score (nSPS) is 20.9. The molecule has 1 aromatic rings. The second-order valence-corrected chi connectivity index (χ2v) is 5.45. The zero-order chi connectivity index (χ0) is 14.5. The van der Waals surface area contributed by atoms with Crippen LogP contribution in [0.15, 0.2) is 23.4 Å². The van der Waals surface area contributed by atoms with Gasteiger partial charge in [0, 0.05) is 6.04 Å². The lowest BCUT2D eigenvalue weighted by Crippen LogP contribution is -2.40. The Balaban J connectivity index is 2.11. The molecule has 0 radical (unpaired) electrons. The van der Waals surface area contributed by atoms with Crippen LogP contribution >= 0.6 is 11.6 Å². The molecule has 2 rings (SSSR count). The average Bonchev–Trinajstić information content (AvgIpc) is 2.46. The molecule has 1 aromatic carbocycles. The van der Waals surface area contributed by atoms with E-state index in [1.807, 2.05) is 0 Å². The van der Waals surface area contributed by atoms with Crippen molar-refractivity contribution >= 4 is 17.4 Å². The van der Waals surface area contributed by atoms with Crippen molar-refractivity contribution in [2.75, 3.05) is 20.2 Å². The molecule has 20 heavy (non-hydrogen) atoms. The summed E-state index contributed by atoms with van der Waals surface area (Å²) in [5, 5.41) is 12.3. The van der Waals surface area contributed by atoms with Crippen molar-refractivity contribution in [1.82, 2.24) is 4.90 Å². The largest absolute Gasteiger partial charge is 0.491 e. The summed E-state index contributed by atoms with van der Waals surface area (Å²) in [6.07, 6.45) is 3.58. The molecule has 1 atom stereocenters. The summed E-state index contributed by atoms with van der Waals surface area (Å²) in [7, 11) is 2.11. The number of likely N-dealkylation sites (N-methyl/N-ethyl adjacent to an activating group) is 1. The van der Waals surface area contributed by atoms with Crippen molar-refractivity contribution in [2.24, 2.45) is 10.9 Å². The van der Waals surface area contributed by atoms with E-state index in [0.29, 0.717) is 29.0 Å². The first-order chi connectivity index (χ1) is 9.63. The third kappa shape index (κ3) is 3.35. The molecule has 110 valence electrons. The highest BCUT2D eigenvalue weighted by molar-refractivity contribution is 6.34. The van der Waals surface area contributed by atoms with Crippen LogP contribution in [0.25, 0.3) is 0 Å². The predicted octanol–water partition coefficient (Wildman–Crippen LogP) is 2.30. The first-order valence-electron chi connectivity index (χ1n) is 6.73. The van der Waals surface area contributed by atoms with Crippen molar-refractivity contribution < 1.29 is 9.94 Å². The molecule has 1 fully saturated rings. The van der Waals surface area contributed by atoms with E-state index in [1.54, 1.807) is 18.2 Å². The maximum atomic E-state index is 8.84. The van der Waals surface area contributed by atoms with Gasteiger partial charge in [0.1, 0.15) is 12.4 Å². The monoisotopic (exact) mass is 297 g/mol. The van der Waals surface area contributed by atoms with E-state index in [9.17, 15) is 0 Å². The van der Waals surface area contributed by atoms with Gasteiger partial charge in [-0.2, -0.15) is 0 Å². The van der Waals surface area contributed by atoms with Crippen LogP contribution in [0.1, 0.15) is 24.8 Å². The molecule has 1 saturated heterocycles. The van der Waals surface area contributed by atoms with Crippen molar-refractivity contribution in [3.63, 3.8) is 0 Å². The van der Waals surface area contributed by atoms with Crippen LogP contribution in [-0.4, -0.2) is 42.2 Å². The van der Waals surface area contributed by atoms with Crippen LogP contribution in [0, 0.1) is 0 Å². The van der Waals surface area contributed by atoms with E-state index in [4.69, 9.17) is 27.3 Å². The molecule has 0 bridgehead atoms. The lowest BCUT2D eigenvalue weighted by molar-refractivity contribution is 0.125. The maximum absolute atomic E-state index is 8.84. The molecule has 0 aliphatic carbocycles. The Kier molecular flexibility index (Phi) is 5.09. The number of amidine groups is 1. The minimum atomic E-state index is -0.0393. The number of halogens is 1. The van der Waals surface area contributed by atoms with Crippen LogP contribution in [0.4, 0.5) is 0 Å². The van der Waals surface area contributed by atoms with Crippen LogP contribution in [0.5, 0.6) is 5.75 Å². The smallest absolute Gasteiger partial charge is 0.175 e. The number of hydrogen-bond acceptors (Lipinski definition) is 4. The molecule has 0 spiro atoms. The highest BCUT2D eigenvalue weighted by Gasteiger charge is 2.20. The molecule has 1 unspecified atom stereocenters. The fourth-order valence-electron chi connectivity index (χ4n) is 2.46. The van der Waals surface area contributed by atoms with Gasteiger partial charge in [0.05, 0.1) is 10.6 Å². The van der Waals surface area contributed by atoms with Gasteiger partial charge >= 0.3 is 0 Å². The highest BCUT2D eigenvalue weighted by atomic mass is 35.5. The van der Waals surface area contributed by atoms with Gasteiger partial charge < -0.3 is 20.6 Å². The third-order valence-electron chi connectivity index (χ3n) is 3.69. The second kappa shape index (κ2) is 6.81. The standard InChI is InChI=1S/C14H20ClN3O2/c1-18-8-3-2-5-10(18)9-20-12-7-4-6-11(15)13(12)14(16)17-19/h4,6-7,10,19H,2-3,5,8-9H2,1H3,(H2,16,17). The van der Waals surface area contributed by atoms with Crippen molar-refractivity contribution in [3.05, 3.63) is 28.8 Å². The van der Waals surface area contributed by atoms with E-state index in [-0.39, 0.29) is 5.84 Å². The maximum Gasteiger partial charge on any atom is 0.175 e. The number of likely N-dealkylation sites (tertiary alicyclic amines) is 1. The summed E-state index contributed by atoms with van der Waals surface area (Å²) in [6.45, 7) is 1.67. The van der Waals surface area contributed by atoms with Gasteiger partial charge in [-0.3, -0.25) is 0 Å². The first-order valence-corrected chi connectivity index (χ1v) is 7.10. The summed E-state index contributed by atoms with van der Waals surface area (Å²) in [5.74, 6) is 0.509. The number of piperidine rings is 1. The van der Waals surface area contributed by atoms with E-state index in [1.165, 1.54) is 12.8 Å². The molecule has 5 nitrogen and oxygen atoms in total. The fraction of sp³-hybridized carbons (Fsp3) is 0.500. The number of hydrogen-bond donors (Lipinski definition) is 2. The Morgan fingerprint density at radius 2 is 2.35 bits per heavy atom. The van der Waals surface area contributed by atoms with E-state index in [0.717, 1.165) is 13.0 Å². The number of rotatable bonds is 4. The van der Waals surface area contributed by atoms with Crippen LogP contribution in [0.2, 0.25) is 5.02 Å². The third-order valence-corrected chi connectivity index (χ3v) is 4.01. The van der Waals surface area contributed by atoms with E-state index >= 15 is 0 Å². The number of nitrogens with two attached hydrogens (primary N) is 1. The lowest BCUT2D eigenvalue weighted by atomic mass is 10.0. The first kappa shape index (κ1) is 14.9. The Labute approximate surface area is 124 Å². The molecule has 0 saturated carbocycles. The van der Waals surface area contributed by atoms with Crippen LogP contribution < -0.4 is 10.5 Å². The minimum absolute atomic E-state index is 0.0393. The molecular weight excluding hydrogens is 278 g/mol. The summed E-state index contributed by atoms with van der Waals surface area (Å²) in [4.78, 5) is 2.30. The summed E-state index contributed by atoms with van der Waals surface area (Å²) in [5.41, 5.74) is 6.10. The van der Waals surface area contributed by atoms with Crippen molar-refractivity contribution in [3.8, 4) is 5.75 Å². The summed E-state index contributed by atoms with van der Waals surface area (Å²) in [6, 6.07) is 5.65. The number of oxime groups is 1. The van der Waals surface area contributed by atoms with Crippen LogP contribution in [0.3, 0.4) is 0 Å². The van der Waals surface area contributed by atoms with E-state index < -0.39 is 0 Å². The Hall–Kier alpha value is -1.46. The van der Waals surface area contributed by atoms with Gasteiger partial charge in [0.15, 0.2) is 5.84 Å². The molecule has 1 aliphatic rings. The lowest BCUT2D eigenvalue weighted by Gasteiger charge is -2.32. The molecular formula is C14H20ClN3O2. The second-order valence-electron chi connectivity index (χ2n) is 5.04. The molecule has 3 N–H and O–H groups in total. The topological polar surface area (TPSA) is 71.1 Å². The van der Waals surface area contributed by atoms with Crippen molar-refractivity contribution in [2.45, 2.75) is 25.3 Å². The Bertz CT molecular complexity index is 493. The van der Waals surface area contributed by atoms with Gasteiger partial charge in [-0.25, -0.2) is 0 Å². The molecule has 1 heterocycles. The van der Waals surface area contributed by atoms with E-state index in [2.05, 4.69) is 17.1 Å².